The Balaban J connectivity index is 1.54. The molecule has 1 fully saturated rings. The van der Waals surface area contributed by atoms with Gasteiger partial charge in [0.25, 0.3) is 11.8 Å². The lowest BCUT2D eigenvalue weighted by molar-refractivity contribution is -0.113. The smallest absolute Gasteiger partial charge is 0.274 e. The number of hydrogen-bond donors (Lipinski definition) is 2. The van der Waals surface area contributed by atoms with Crippen molar-refractivity contribution in [3.63, 3.8) is 0 Å². The molecule has 8 nitrogen and oxygen atoms in total. The highest BCUT2D eigenvalue weighted by Crippen LogP contribution is 2.26. The zero-order valence-corrected chi connectivity index (χ0v) is 17.8. The number of rotatable bonds is 5. The molecule has 2 aromatic heterocycles. The zero-order chi connectivity index (χ0) is 21.8. The molecule has 0 atom stereocenters. The average molecular weight is 419 g/mol. The third-order valence-electron chi connectivity index (χ3n) is 5.59. The second-order valence-corrected chi connectivity index (χ2v) is 7.75. The normalized spacial score (nSPS) is 13.7. The predicted molar refractivity (Wildman–Crippen MR) is 118 cm³/mol. The summed E-state index contributed by atoms with van der Waals surface area (Å²) in [6.07, 6.45) is 9.92. The van der Waals surface area contributed by atoms with Gasteiger partial charge in [0.2, 0.25) is 0 Å². The molecule has 2 N–H and O–H groups in total. The number of aromatic nitrogens is 4. The molecule has 2 heterocycles. The number of anilines is 1. The van der Waals surface area contributed by atoms with E-state index >= 15 is 0 Å². The molecule has 0 spiro atoms. The maximum Gasteiger partial charge on any atom is 0.274 e. The third kappa shape index (κ3) is 4.58. The number of allylic oxidation sites excluding steroid dienone is 1. The standard InChI is InChI=1S/C23H26N6O2/c1-28-15-24-14-20(28)16-8-10-18(11-9-16)26-23(31)21(17-6-4-3-5-7-17)27-22(30)19-12-13-25-29(19)2/h8-15H,3-7H2,1-2H3,(H,26,31)(H,27,30). The molecule has 0 unspecified atom stereocenters. The Morgan fingerprint density at radius 1 is 1.00 bits per heavy atom. The second-order valence-electron chi connectivity index (χ2n) is 7.75. The van der Waals surface area contributed by atoms with Gasteiger partial charge in [0.1, 0.15) is 11.4 Å². The lowest BCUT2D eigenvalue weighted by atomic mass is 9.93. The number of carbonyl (C=O) groups is 2. The SMILES string of the molecule is Cn1cncc1-c1ccc(NC(=O)C(NC(=O)c2ccnn2C)=C2CCCCC2)cc1. The lowest BCUT2D eigenvalue weighted by Crippen LogP contribution is -2.33. The molecule has 160 valence electrons. The molecule has 0 bridgehead atoms. The number of nitrogens with zero attached hydrogens (tertiary/aromatic N) is 4. The number of benzene rings is 1. The van der Waals surface area contributed by atoms with Crippen molar-refractivity contribution in [1.29, 1.82) is 0 Å². The van der Waals surface area contributed by atoms with E-state index in [1.807, 2.05) is 35.9 Å². The van der Waals surface area contributed by atoms with Crippen molar-refractivity contribution in [3.8, 4) is 11.3 Å². The fourth-order valence-corrected chi connectivity index (χ4v) is 3.86. The number of aryl methyl sites for hydroxylation is 2. The Morgan fingerprint density at radius 3 is 2.35 bits per heavy atom. The van der Waals surface area contributed by atoms with Crippen LogP contribution in [0.4, 0.5) is 5.69 Å². The molecule has 4 rings (SSSR count). The summed E-state index contributed by atoms with van der Waals surface area (Å²) in [7, 11) is 3.64. The highest BCUT2D eigenvalue weighted by atomic mass is 16.2. The minimum Gasteiger partial charge on any atom is -0.334 e. The van der Waals surface area contributed by atoms with Crippen molar-refractivity contribution in [1.82, 2.24) is 24.6 Å². The molecule has 1 saturated carbocycles. The quantitative estimate of drug-likeness (QED) is 0.621. The van der Waals surface area contributed by atoms with Gasteiger partial charge in [-0.3, -0.25) is 14.3 Å². The summed E-state index contributed by atoms with van der Waals surface area (Å²) in [5, 5.41) is 9.82. The molecule has 3 aromatic rings. The van der Waals surface area contributed by atoms with E-state index in [0.29, 0.717) is 17.1 Å². The van der Waals surface area contributed by atoms with Gasteiger partial charge in [-0.05, 0) is 55.0 Å². The van der Waals surface area contributed by atoms with Gasteiger partial charge in [0.15, 0.2) is 0 Å². The first kappa shape index (κ1) is 20.6. The second kappa shape index (κ2) is 8.99. The van der Waals surface area contributed by atoms with E-state index in [9.17, 15) is 9.59 Å². The van der Waals surface area contributed by atoms with E-state index in [0.717, 1.165) is 48.9 Å². The summed E-state index contributed by atoms with van der Waals surface area (Å²) < 4.78 is 3.43. The Labute approximate surface area is 181 Å². The average Bonchev–Trinajstić information content (AvgIpc) is 3.41. The van der Waals surface area contributed by atoms with Crippen LogP contribution in [0.3, 0.4) is 0 Å². The summed E-state index contributed by atoms with van der Waals surface area (Å²) in [5.41, 5.74) is 4.41. The van der Waals surface area contributed by atoms with Crippen LogP contribution in [0.15, 0.2) is 60.3 Å². The Morgan fingerprint density at radius 2 is 1.74 bits per heavy atom. The number of hydrogen-bond acceptors (Lipinski definition) is 4. The topological polar surface area (TPSA) is 93.8 Å². The maximum absolute atomic E-state index is 13.1. The molecule has 1 aliphatic rings. The van der Waals surface area contributed by atoms with Crippen LogP contribution in [-0.4, -0.2) is 31.1 Å². The van der Waals surface area contributed by atoms with Gasteiger partial charge in [-0.2, -0.15) is 5.10 Å². The van der Waals surface area contributed by atoms with Crippen molar-refractivity contribution in [2.45, 2.75) is 32.1 Å². The van der Waals surface area contributed by atoms with Gasteiger partial charge in [0, 0.05) is 26.0 Å². The van der Waals surface area contributed by atoms with Crippen molar-refractivity contribution >= 4 is 17.5 Å². The zero-order valence-electron chi connectivity index (χ0n) is 17.8. The van der Waals surface area contributed by atoms with E-state index in [2.05, 4.69) is 20.7 Å². The van der Waals surface area contributed by atoms with Crippen LogP contribution >= 0.6 is 0 Å². The molecular formula is C23H26N6O2. The molecule has 0 radical (unpaired) electrons. The largest absolute Gasteiger partial charge is 0.334 e. The molecule has 2 amide bonds. The van der Waals surface area contributed by atoms with Gasteiger partial charge in [-0.1, -0.05) is 18.6 Å². The van der Waals surface area contributed by atoms with E-state index < -0.39 is 0 Å². The summed E-state index contributed by atoms with van der Waals surface area (Å²) in [4.78, 5) is 30.0. The van der Waals surface area contributed by atoms with E-state index in [4.69, 9.17) is 0 Å². The summed E-state index contributed by atoms with van der Waals surface area (Å²) in [6, 6.07) is 9.22. The fourth-order valence-electron chi connectivity index (χ4n) is 3.86. The minimum absolute atomic E-state index is 0.305. The highest BCUT2D eigenvalue weighted by molar-refractivity contribution is 6.08. The van der Waals surface area contributed by atoms with Crippen molar-refractivity contribution in [2.24, 2.45) is 14.1 Å². The van der Waals surface area contributed by atoms with Crippen LogP contribution < -0.4 is 10.6 Å². The van der Waals surface area contributed by atoms with Gasteiger partial charge in [0.05, 0.1) is 18.2 Å². The minimum atomic E-state index is -0.338. The molecule has 31 heavy (non-hydrogen) atoms. The predicted octanol–water partition coefficient (Wildman–Crippen LogP) is 3.41. The van der Waals surface area contributed by atoms with E-state index in [1.165, 1.54) is 4.68 Å². The van der Waals surface area contributed by atoms with Crippen molar-refractivity contribution in [3.05, 3.63) is 66.0 Å². The van der Waals surface area contributed by atoms with Crippen LogP contribution in [-0.2, 0) is 18.9 Å². The first-order chi connectivity index (χ1) is 15.0. The first-order valence-corrected chi connectivity index (χ1v) is 10.4. The van der Waals surface area contributed by atoms with Gasteiger partial charge >= 0.3 is 0 Å². The van der Waals surface area contributed by atoms with Crippen LogP contribution in [0.1, 0.15) is 42.6 Å². The number of imidazole rings is 1. The molecule has 0 saturated heterocycles. The molecule has 1 aliphatic carbocycles. The Bertz CT molecular complexity index is 1120. The van der Waals surface area contributed by atoms with Crippen LogP contribution in [0.2, 0.25) is 0 Å². The van der Waals surface area contributed by atoms with Crippen LogP contribution in [0.5, 0.6) is 0 Å². The fraction of sp³-hybridized carbons (Fsp3) is 0.304. The van der Waals surface area contributed by atoms with Gasteiger partial charge in [-0.15, -0.1) is 0 Å². The van der Waals surface area contributed by atoms with E-state index in [-0.39, 0.29) is 11.8 Å². The molecule has 8 heteroatoms. The summed E-state index contributed by atoms with van der Waals surface area (Å²) in [5.74, 6) is -0.643. The number of carbonyl (C=O) groups excluding carboxylic acids is 2. The van der Waals surface area contributed by atoms with Crippen LogP contribution in [0.25, 0.3) is 11.3 Å². The maximum atomic E-state index is 13.1. The van der Waals surface area contributed by atoms with Crippen LogP contribution in [0, 0.1) is 0 Å². The van der Waals surface area contributed by atoms with Crippen molar-refractivity contribution < 1.29 is 9.59 Å². The Hall–Kier alpha value is -3.68. The van der Waals surface area contributed by atoms with Gasteiger partial charge in [-0.25, -0.2) is 4.98 Å². The van der Waals surface area contributed by atoms with Crippen molar-refractivity contribution in [2.75, 3.05) is 5.32 Å². The van der Waals surface area contributed by atoms with E-state index in [1.54, 1.807) is 31.8 Å². The highest BCUT2D eigenvalue weighted by Gasteiger charge is 2.22. The third-order valence-corrected chi connectivity index (χ3v) is 5.59. The molecule has 1 aromatic carbocycles. The monoisotopic (exact) mass is 418 g/mol. The lowest BCUT2D eigenvalue weighted by Gasteiger charge is -2.20. The molecule has 0 aliphatic heterocycles. The number of nitrogens with one attached hydrogen (secondary N) is 2. The van der Waals surface area contributed by atoms with Gasteiger partial charge < -0.3 is 15.2 Å². The Kier molecular flexibility index (Phi) is 5.97. The summed E-state index contributed by atoms with van der Waals surface area (Å²) >= 11 is 0. The molecular weight excluding hydrogens is 392 g/mol. The number of amides is 2. The summed E-state index contributed by atoms with van der Waals surface area (Å²) in [6.45, 7) is 0. The first-order valence-electron chi connectivity index (χ1n) is 10.4.